The third-order valence-corrected chi connectivity index (χ3v) is 5.43. The molecule has 3 heterocycles. The second kappa shape index (κ2) is 6.88. The van der Waals surface area contributed by atoms with Crippen LogP contribution in [0.5, 0.6) is 0 Å². The number of amides is 2. The molecule has 0 radical (unpaired) electrons. The number of aliphatic carboxylic acids is 1. The molecule has 3 rings (SSSR count). The van der Waals surface area contributed by atoms with Crippen molar-refractivity contribution in [1.29, 1.82) is 0 Å². The van der Waals surface area contributed by atoms with Gasteiger partial charge in [0.25, 0.3) is 5.91 Å². The molecular formula is C16H20N2O5S. The number of likely N-dealkylation sites (tertiary alicyclic amines) is 1. The molecule has 0 aromatic carbocycles. The second-order valence-corrected chi connectivity index (χ2v) is 7.11. The molecular weight excluding hydrogens is 332 g/mol. The Morgan fingerprint density at radius 2 is 2.04 bits per heavy atom. The quantitative estimate of drug-likeness (QED) is 0.880. The number of furan rings is 1. The molecule has 0 bridgehead atoms. The zero-order valence-corrected chi connectivity index (χ0v) is 14.3. The Balaban J connectivity index is 1.82. The van der Waals surface area contributed by atoms with Crippen molar-refractivity contribution in [2.24, 2.45) is 0 Å². The van der Waals surface area contributed by atoms with Gasteiger partial charge in [0, 0.05) is 24.4 Å². The van der Waals surface area contributed by atoms with Crippen LogP contribution >= 0.6 is 11.8 Å². The van der Waals surface area contributed by atoms with Gasteiger partial charge in [0.15, 0.2) is 0 Å². The molecule has 24 heavy (non-hydrogen) atoms. The van der Waals surface area contributed by atoms with Crippen molar-refractivity contribution in [2.75, 3.05) is 24.7 Å². The summed E-state index contributed by atoms with van der Waals surface area (Å²) >= 11 is 1.54. The van der Waals surface area contributed by atoms with Gasteiger partial charge in [0.2, 0.25) is 5.91 Å². The second-order valence-electron chi connectivity index (χ2n) is 6.11. The number of rotatable bonds is 4. The fraction of sp³-hybridized carbons (Fsp3) is 0.562. The van der Waals surface area contributed by atoms with E-state index in [0.29, 0.717) is 17.2 Å². The van der Waals surface area contributed by atoms with Crippen LogP contribution in [0.2, 0.25) is 0 Å². The Kier molecular flexibility index (Phi) is 4.84. The van der Waals surface area contributed by atoms with Gasteiger partial charge < -0.3 is 19.3 Å². The number of carboxylic acids is 1. The minimum absolute atomic E-state index is 0.00761. The van der Waals surface area contributed by atoms with Crippen LogP contribution in [-0.4, -0.2) is 63.5 Å². The summed E-state index contributed by atoms with van der Waals surface area (Å²) in [5.74, 6) is -0.230. The predicted molar refractivity (Wildman–Crippen MR) is 87.9 cm³/mol. The van der Waals surface area contributed by atoms with Gasteiger partial charge in [-0.05, 0) is 19.8 Å². The highest BCUT2D eigenvalue weighted by Gasteiger charge is 2.39. The van der Waals surface area contributed by atoms with E-state index in [9.17, 15) is 14.4 Å². The molecule has 2 aliphatic rings. The third-order valence-electron chi connectivity index (χ3n) is 4.42. The summed E-state index contributed by atoms with van der Waals surface area (Å²) in [5, 5.41) is 8.98. The van der Waals surface area contributed by atoms with Gasteiger partial charge in [-0.25, -0.2) is 0 Å². The highest BCUT2D eigenvalue weighted by Crippen LogP contribution is 2.28. The minimum Gasteiger partial charge on any atom is -0.481 e. The van der Waals surface area contributed by atoms with E-state index >= 15 is 0 Å². The molecule has 0 saturated carbocycles. The molecule has 1 unspecified atom stereocenters. The van der Waals surface area contributed by atoms with Crippen molar-refractivity contribution in [3.05, 3.63) is 23.2 Å². The number of thioether (sulfide) groups is 1. The van der Waals surface area contributed by atoms with Gasteiger partial charge in [0.05, 0.1) is 17.7 Å². The van der Waals surface area contributed by atoms with Crippen LogP contribution in [-0.2, 0) is 16.0 Å². The van der Waals surface area contributed by atoms with E-state index in [1.807, 2.05) is 4.90 Å². The Hall–Kier alpha value is -1.96. The standard InChI is InChI=1S/C16H20N2O5S/c1-10-7-23-12(6-13(19)20)14(10)16(22)18-9-24-8-11(18)15(21)17-4-2-3-5-17/h7,11H,2-6,8-9H2,1H3,(H,19,20). The topological polar surface area (TPSA) is 91.1 Å². The number of hydrogen-bond donors (Lipinski definition) is 1. The summed E-state index contributed by atoms with van der Waals surface area (Å²) < 4.78 is 5.25. The first-order valence-electron chi connectivity index (χ1n) is 7.95. The number of aryl methyl sites for hydroxylation is 1. The summed E-state index contributed by atoms with van der Waals surface area (Å²) in [5.41, 5.74) is 0.875. The highest BCUT2D eigenvalue weighted by molar-refractivity contribution is 7.99. The van der Waals surface area contributed by atoms with Crippen LogP contribution in [0.3, 0.4) is 0 Å². The van der Waals surface area contributed by atoms with Crippen molar-refractivity contribution in [3.63, 3.8) is 0 Å². The lowest BCUT2D eigenvalue weighted by Crippen LogP contribution is -2.48. The minimum atomic E-state index is -1.06. The maximum Gasteiger partial charge on any atom is 0.311 e. The first-order valence-corrected chi connectivity index (χ1v) is 9.10. The third kappa shape index (κ3) is 3.15. The molecule has 1 atom stereocenters. The monoisotopic (exact) mass is 352 g/mol. The Morgan fingerprint density at radius 3 is 2.71 bits per heavy atom. The van der Waals surface area contributed by atoms with E-state index in [2.05, 4.69) is 0 Å². The zero-order chi connectivity index (χ0) is 17.3. The van der Waals surface area contributed by atoms with Crippen LogP contribution in [0.4, 0.5) is 0 Å². The van der Waals surface area contributed by atoms with Crippen molar-refractivity contribution >= 4 is 29.5 Å². The predicted octanol–water partition coefficient (Wildman–Crippen LogP) is 1.35. The van der Waals surface area contributed by atoms with Crippen LogP contribution in [0.15, 0.2) is 10.7 Å². The summed E-state index contributed by atoms with van der Waals surface area (Å²) in [6, 6.07) is -0.479. The molecule has 8 heteroatoms. The number of carbonyl (C=O) groups is 3. The van der Waals surface area contributed by atoms with E-state index in [0.717, 1.165) is 25.9 Å². The van der Waals surface area contributed by atoms with Gasteiger partial charge in [-0.3, -0.25) is 14.4 Å². The summed E-state index contributed by atoms with van der Waals surface area (Å²) in [7, 11) is 0. The van der Waals surface area contributed by atoms with E-state index < -0.39 is 12.0 Å². The van der Waals surface area contributed by atoms with Crippen LogP contribution in [0, 0.1) is 6.92 Å². The molecule has 0 spiro atoms. The van der Waals surface area contributed by atoms with Crippen molar-refractivity contribution in [3.8, 4) is 0 Å². The van der Waals surface area contributed by atoms with Gasteiger partial charge in [-0.1, -0.05) is 0 Å². The first kappa shape index (κ1) is 16.9. The van der Waals surface area contributed by atoms with Gasteiger partial charge in [-0.15, -0.1) is 11.8 Å². The SMILES string of the molecule is Cc1coc(CC(=O)O)c1C(=O)N1CSCC1C(=O)N1CCCC1. The maximum atomic E-state index is 12.9. The molecule has 1 aromatic rings. The molecule has 7 nitrogen and oxygen atoms in total. The lowest BCUT2D eigenvalue weighted by Gasteiger charge is -2.27. The van der Waals surface area contributed by atoms with E-state index in [-0.39, 0.29) is 29.6 Å². The molecule has 1 aromatic heterocycles. The molecule has 2 saturated heterocycles. The van der Waals surface area contributed by atoms with Crippen molar-refractivity contribution in [1.82, 2.24) is 9.80 Å². The summed E-state index contributed by atoms with van der Waals surface area (Å²) in [4.78, 5) is 40.0. The lowest BCUT2D eigenvalue weighted by molar-refractivity contribution is -0.136. The average Bonchev–Trinajstić information content (AvgIpc) is 3.26. The molecule has 2 aliphatic heterocycles. The van der Waals surface area contributed by atoms with Crippen LogP contribution in [0.25, 0.3) is 0 Å². The van der Waals surface area contributed by atoms with E-state index in [1.54, 1.807) is 11.8 Å². The van der Waals surface area contributed by atoms with Crippen molar-refractivity contribution in [2.45, 2.75) is 32.2 Å². The summed E-state index contributed by atoms with van der Waals surface area (Å²) in [6.45, 7) is 3.21. The number of carboxylic acid groups (broad SMARTS) is 1. The summed E-state index contributed by atoms with van der Waals surface area (Å²) in [6.07, 6.45) is 3.05. The van der Waals surface area contributed by atoms with E-state index in [1.165, 1.54) is 18.0 Å². The fourth-order valence-corrected chi connectivity index (χ4v) is 4.34. The smallest absolute Gasteiger partial charge is 0.311 e. The van der Waals surface area contributed by atoms with Gasteiger partial charge in [0.1, 0.15) is 18.2 Å². The molecule has 1 N–H and O–H groups in total. The number of carbonyl (C=O) groups excluding carboxylic acids is 2. The maximum absolute atomic E-state index is 12.9. The molecule has 2 fully saturated rings. The van der Waals surface area contributed by atoms with Crippen LogP contribution in [0.1, 0.15) is 34.5 Å². The average molecular weight is 352 g/mol. The normalized spacial score (nSPS) is 20.6. The molecule has 0 aliphatic carbocycles. The largest absolute Gasteiger partial charge is 0.481 e. The molecule has 2 amide bonds. The lowest BCUT2D eigenvalue weighted by atomic mass is 10.1. The Labute approximate surface area is 144 Å². The highest BCUT2D eigenvalue weighted by atomic mass is 32.2. The first-order chi connectivity index (χ1) is 11.5. The fourth-order valence-electron chi connectivity index (χ4n) is 3.19. The molecule has 130 valence electrons. The Morgan fingerprint density at radius 1 is 1.33 bits per heavy atom. The zero-order valence-electron chi connectivity index (χ0n) is 13.5. The number of hydrogen-bond acceptors (Lipinski definition) is 5. The van der Waals surface area contributed by atoms with Gasteiger partial charge >= 0.3 is 5.97 Å². The van der Waals surface area contributed by atoms with Crippen molar-refractivity contribution < 1.29 is 23.9 Å². The number of nitrogens with zero attached hydrogens (tertiary/aromatic N) is 2. The Bertz CT molecular complexity index is 665. The van der Waals surface area contributed by atoms with Crippen LogP contribution < -0.4 is 0 Å². The van der Waals surface area contributed by atoms with E-state index in [4.69, 9.17) is 9.52 Å². The van der Waals surface area contributed by atoms with Gasteiger partial charge in [-0.2, -0.15) is 0 Å².